The Bertz CT molecular complexity index is 899. The van der Waals surface area contributed by atoms with E-state index in [1.54, 1.807) is 13.8 Å². The molecule has 1 aliphatic heterocycles. The van der Waals surface area contributed by atoms with Gasteiger partial charge in [0.2, 0.25) is 26.0 Å². The molecule has 26 heavy (non-hydrogen) atoms. The molecule has 1 aromatic rings. The zero-order valence-electron chi connectivity index (χ0n) is 14.9. The second-order valence-corrected chi connectivity index (χ2v) is 11.2. The van der Waals surface area contributed by atoms with Crippen molar-refractivity contribution in [3.05, 3.63) is 24.3 Å². The summed E-state index contributed by atoms with van der Waals surface area (Å²) < 4.78 is 53.1. The van der Waals surface area contributed by atoms with Crippen molar-refractivity contribution in [3.63, 3.8) is 0 Å². The van der Waals surface area contributed by atoms with Gasteiger partial charge in [-0.25, -0.2) is 25.9 Å². The molecular weight excluding hydrogens is 376 g/mol. The van der Waals surface area contributed by atoms with Crippen LogP contribution in [0.3, 0.4) is 0 Å². The van der Waals surface area contributed by atoms with E-state index in [0.717, 1.165) is 36.4 Å². The number of amides is 1. The Hall–Kier alpha value is -1.45. The van der Waals surface area contributed by atoms with Crippen LogP contribution < -0.4 is 9.03 Å². The summed E-state index contributed by atoms with van der Waals surface area (Å²) in [6.07, 6.45) is 4.80. The molecule has 9 heteroatoms. The zero-order chi connectivity index (χ0) is 19.2. The highest BCUT2D eigenvalue weighted by molar-refractivity contribution is 7.94. The smallest absolute Gasteiger partial charge is 0.247 e. The van der Waals surface area contributed by atoms with Gasteiger partial charge in [-0.2, -0.15) is 0 Å². The summed E-state index contributed by atoms with van der Waals surface area (Å²) in [5, 5.41) is 0. The van der Waals surface area contributed by atoms with Crippen LogP contribution >= 0.6 is 0 Å². The summed E-state index contributed by atoms with van der Waals surface area (Å²) in [5.41, 5.74) is -0.830. The monoisotopic (exact) mass is 400 g/mol. The van der Waals surface area contributed by atoms with E-state index in [1.807, 2.05) is 0 Å². The molecule has 1 N–H and O–H groups in total. The maximum Gasteiger partial charge on any atom is 0.247 e. The van der Waals surface area contributed by atoms with E-state index in [0.29, 0.717) is 0 Å². The number of carbonyl (C=O) groups excluding carboxylic acids is 1. The van der Waals surface area contributed by atoms with Gasteiger partial charge in [0, 0.05) is 6.04 Å². The summed E-state index contributed by atoms with van der Waals surface area (Å²) in [6, 6.07) is 5.36. The molecule has 0 spiro atoms. The third kappa shape index (κ3) is 3.65. The first-order chi connectivity index (χ1) is 12.0. The molecule has 1 heterocycles. The molecule has 1 aliphatic carbocycles. The Morgan fingerprint density at radius 3 is 2.15 bits per heavy atom. The van der Waals surface area contributed by atoms with Crippen molar-refractivity contribution in [1.82, 2.24) is 4.72 Å². The Labute approximate surface area is 154 Å². The Morgan fingerprint density at radius 1 is 1.08 bits per heavy atom. The van der Waals surface area contributed by atoms with Crippen LogP contribution in [0.1, 0.15) is 46.0 Å². The maximum absolute atomic E-state index is 12.5. The number of anilines is 1. The summed E-state index contributed by atoms with van der Waals surface area (Å²) >= 11 is 0. The minimum absolute atomic E-state index is 0.0604. The predicted octanol–water partition coefficient (Wildman–Crippen LogP) is 2.00. The molecule has 1 amide bonds. The first-order valence-corrected chi connectivity index (χ1v) is 11.8. The molecule has 7 nitrogen and oxygen atoms in total. The average molecular weight is 401 g/mol. The maximum atomic E-state index is 12.5. The highest BCUT2D eigenvalue weighted by Gasteiger charge is 2.49. The molecule has 1 saturated heterocycles. The molecule has 3 rings (SSSR count). The van der Waals surface area contributed by atoms with Gasteiger partial charge < -0.3 is 0 Å². The molecule has 0 aromatic heterocycles. The largest absolute Gasteiger partial charge is 0.273 e. The first kappa shape index (κ1) is 19.3. The fourth-order valence-electron chi connectivity index (χ4n) is 3.53. The van der Waals surface area contributed by atoms with Gasteiger partial charge in [0.15, 0.2) is 0 Å². The van der Waals surface area contributed by atoms with E-state index < -0.39 is 31.4 Å². The molecule has 144 valence electrons. The lowest BCUT2D eigenvalue weighted by Crippen LogP contribution is -2.36. The van der Waals surface area contributed by atoms with Gasteiger partial charge in [0.25, 0.3) is 0 Å². The molecule has 1 saturated carbocycles. The van der Waals surface area contributed by atoms with Crippen LogP contribution in [-0.2, 0) is 24.8 Å². The Kier molecular flexibility index (Phi) is 4.91. The normalized spacial score (nSPS) is 23.3. The van der Waals surface area contributed by atoms with E-state index in [1.165, 1.54) is 24.3 Å². The lowest BCUT2D eigenvalue weighted by Gasteiger charge is -2.23. The van der Waals surface area contributed by atoms with E-state index in [2.05, 4.69) is 4.72 Å². The topological polar surface area (TPSA) is 101 Å². The van der Waals surface area contributed by atoms with Crippen molar-refractivity contribution in [1.29, 1.82) is 0 Å². The number of nitrogens with zero attached hydrogens (tertiary/aromatic N) is 1. The number of sulfonamides is 2. The van der Waals surface area contributed by atoms with Crippen molar-refractivity contribution in [3.8, 4) is 0 Å². The van der Waals surface area contributed by atoms with Crippen LogP contribution in [0, 0.1) is 5.41 Å². The molecule has 0 radical (unpaired) electrons. The van der Waals surface area contributed by atoms with Crippen molar-refractivity contribution >= 4 is 31.6 Å². The van der Waals surface area contributed by atoms with Gasteiger partial charge in [-0.1, -0.05) is 19.3 Å². The number of rotatable bonds is 4. The van der Waals surface area contributed by atoms with Gasteiger partial charge >= 0.3 is 0 Å². The third-order valence-corrected chi connectivity index (χ3v) is 8.45. The second kappa shape index (κ2) is 6.61. The fraction of sp³-hybridized carbons (Fsp3) is 0.588. The van der Waals surface area contributed by atoms with Crippen molar-refractivity contribution in [2.45, 2.75) is 56.9 Å². The van der Waals surface area contributed by atoms with Gasteiger partial charge in [-0.3, -0.25) is 4.79 Å². The molecule has 0 unspecified atom stereocenters. The summed E-state index contributed by atoms with van der Waals surface area (Å²) in [7, 11) is -7.42. The first-order valence-electron chi connectivity index (χ1n) is 8.73. The number of hydrogen-bond acceptors (Lipinski definition) is 5. The van der Waals surface area contributed by atoms with Crippen molar-refractivity contribution in [2.24, 2.45) is 5.41 Å². The van der Waals surface area contributed by atoms with E-state index in [9.17, 15) is 21.6 Å². The number of nitrogens with one attached hydrogen (secondary N) is 1. The van der Waals surface area contributed by atoms with Crippen LogP contribution in [-0.4, -0.2) is 34.5 Å². The summed E-state index contributed by atoms with van der Waals surface area (Å²) in [6.45, 7) is 3.17. The molecule has 0 atom stereocenters. The zero-order valence-corrected chi connectivity index (χ0v) is 16.6. The lowest BCUT2D eigenvalue weighted by molar-refractivity contribution is -0.123. The van der Waals surface area contributed by atoms with Crippen LogP contribution in [0.5, 0.6) is 0 Å². The Balaban J connectivity index is 1.83. The Morgan fingerprint density at radius 2 is 1.65 bits per heavy atom. The van der Waals surface area contributed by atoms with Crippen LogP contribution in [0.2, 0.25) is 0 Å². The molecule has 1 aromatic carbocycles. The highest BCUT2D eigenvalue weighted by Crippen LogP contribution is 2.36. The number of carbonyl (C=O) groups is 1. The number of hydrogen-bond donors (Lipinski definition) is 1. The van der Waals surface area contributed by atoms with E-state index in [-0.39, 0.29) is 22.4 Å². The quantitative estimate of drug-likeness (QED) is 0.833. The van der Waals surface area contributed by atoms with E-state index >= 15 is 0 Å². The van der Waals surface area contributed by atoms with Crippen LogP contribution in [0.25, 0.3) is 0 Å². The minimum Gasteiger partial charge on any atom is -0.273 e. The average Bonchev–Trinajstić information content (AvgIpc) is 2.71. The lowest BCUT2D eigenvalue weighted by atomic mass is 9.95. The fourth-order valence-corrected chi connectivity index (χ4v) is 6.94. The van der Waals surface area contributed by atoms with Crippen molar-refractivity contribution in [2.75, 3.05) is 10.1 Å². The van der Waals surface area contributed by atoms with Crippen LogP contribution in [0.15, 0.2) is 29.2 Å². The van der Waals surface area contributed by atoms with Crippen molar-refractivity contribution < 1.29 is 21.6 Å². The molecule has 0 bridgehead atoms. The summed E-state index contributed by atoms with van der Waals surface area (Å²) in [5.74, 6) is -0.768. The van der Waals surface area contributed by atoms with Crippen LogP contribution in [0.4, 0.5) is 5.69 Å². The predicted molar refractivity (Wildman–Crippen MR) is 98.7 cm³/mol. The minimum atomic E-state index is -3.75. The standard InChI is InChI=1S/C17H24N2O5S2/c1-17(2)12-25(21,22)19(16(17)20)14-8-10-15(11-9-14)26(23,24)18-13-6-4-3-5-7-13/h8-11,13,18H,3-7,12H2,1-2H3. The third-order valence-electron chi connectivity index (χ3n) is 4.89. The number of benzene rings is 1. The molecule has 2 fully saturated rings. The van der Waals surface area contributed by atoms with Gasteiger partial charge in [-0.15, -0.1) is 0 Å². The van der Waals surface area contributed by atoms with Gasteiger partial charge in [-0.05, 0) is 51.0 Å². The SMILES string of the molecule is CC1(C)CS(=O)(=O)N(c2ccc(S(=O)(=O)NC3CCCCC3)cc2)C1=O. The van der Waals surface area contributed by atoms with Gasteiger partial charge in [0.1, 0.15) is 0 Å². The summed E-state index contributed by atoms with van der Waals surface area (Å²) in [4.78, 5) is 12.5. The van der Waals surface area contributed by atoms with E-state index in [4.69, 9.17) is 0 Å². The van der Waals surface area contributed by atoms with Gasteiger partial charge in [0.05, 0.1) is 21.8 Å². The molecule has 2 aliphatic rings. The highest BCUT2D eigenvalue weighted by atomic mass is 32.2. The second-order valence-electron chi connectivity index (χ2n) is 7.66. The molecular formula is C17H24N2O5S2.